The van der Waals surface area contributed by atoms with Crippen LogP contribution in [0.25, 0.3) is 0 Å². The Bertz CT molecular complexity index is 812. The average molecular weight is 454 g/mol. The maximum Gasteiger partial charge on any atom is 0.320 e. The van der Waals surface area contributed by atoms with E-state index < -0.39 is 63.6 Å². The molecule has 0 radical (unpaired) electrons. The number of aliphatic hydroxyl groups is 3. The lowest BCUT2D eigenvalue weighted by Gasteiger charge is -2.71. The van der Waals surface area contributed by atoms with E-state index in [1.54, 1.807) is 32.8 Å². The van der Waals surface area contributed by atoms with E-state index in [2.05, 4.69) is 6.58 Å². The van der Waals surface area contributed by atoms with E-state index in [0.717, 1.165) is 0 Å². The first-order valence-electron chi connectivity index (χ1n) is 11.3. The SMILES string of the molecule is C=C[C@@]1(C)CC(=O)[C@]2(O)[C@@]3(C)[C@@H](O)CCC(C)(C)[C@@H]3[C@@H](O)[C@H](OC(=O)CN(C)C)[C@@]2(C)O1. The summed E-state index contributed by atoms with van der Waals surface area (Å²) in [6, 6.07) is 0. The first-order chi connectivity index (χ1) is 14.5. The quantitative estimate of drug-likeness (QED) is 0.427. The number of ketones is 1. The zero-order valence-electron chi connectivity index (χ0n) is 20.3. The third-order valence-electron chi connectivity index (χ3n) is 8.43. The number of Topliss-reactive ketones (excluding diaryl/α,β-unsaturated/α-hetero) is 1. The highest BCUT2D eigenvalue weighted by atomic mass is 16.6. The minimum atomic E-state index is -2.20. The van der Waals surface area contributed by atoms with Gasteiger partial charge in [0.15, 0.2) is 17.5 Å². The Labute approximate surface area is 190 Å². The molecule has 0 bridgehead atoms. The van der Waals surface area contributed by atoms with Gasteiger partial charge in [-0.15, -0.1) is 6.58 Å². The average Bonchev–Trinajstić information content (AvgIpc) is 2.65. The van der Waals surface area contributed by atoms with Crippen LogP contribution in [0.1, 0.15) is 53.9 Å². The number of aliphatic hydroxyl groups excluding tert-OH is 2. The van der Waals surface area contributed by atoms with Gasteiger partial charge < -0.3 is 24.8 Å². The van der Waals surface area contributed by atoms with Gasteiger partial charge in [0.2, 0.25) is 0 Å². The summed E-state index contributed by atoms with van der Waals surface area (Å²) in [7, 11) is 3.42. The topological polar surface area (TPSA) is 117 Å². The van der Waals surface area contributed by atoms with E-state index in [1.807, 2.05) is 13.8 Å². The molecule has 8 atom stereocenters. The minimum Gasteiger partial charge on any atom is -0.455 e. The lowest BCUT2D eigenvalue weighted by molar-refractivity contribution is -0.370. The summed E-state index contributed by atoms with van der Waals surface area (Å²) < 4.78 is 12.1. The predicted octanol–water partition coefficient (Wildman–Crippen LogP) is 1.06. The van der Waals surface area contributed by atoms with Gasteiger partial charge in [-0.1, -0.05) is 26.8 Å². The standard InChI is InChI=1S/C24H39NO7/c1-9-21(4)12-15(27)24(30)22(5)14(26)10-11-20(2,3)18(22)17(29)19(23(24,6)32-21)31-16(28)13-25(7)8/h9,14,17-19,26,29-30H,1,10-13H2,2-8H3/t14-,17+,18-,19-,21-,22-,23+,24-/m0/s1. The summed E-state index contributed by atoms with van der Waals surface area (Å²) in [6.07, 6.45) is -1.38. The molecule has 32 heavy (non-hydrogen) atoms. The molecule has 0 unspecified atom stereocenters. The molecule has 0 aromatic carbocycles. The molecule has 1 heterocycles. The van der Waals surface area contributed by atoms with Crippen molar-refractivity contribution in [2.75, 3.05) is 20.6 Å². The largest absolute Gasteiger partial charge is 0.455 e. The summed E-state index contributed by atoms with van der Waals surface area (Å²) in [5, 5.41) is 35.2. The summed E-state index contributed by atoms with van der Waals surface area (Å²) in [5.74, 6) is -1.85. The number of hydrogen-bond donors (Lipinski definition) is 3. The second kappa shape index (κ2) is 7.60. The van der Waals surface area contributed by atoms with E-state index in [9.17, 15) is 24.9 Å². The van der Waals surface area contributed by atoms with Gasteiger partial charge in [0, 0.05) is 17.8 Å². The number of carbonyl (C=O) groups excluding carboxylic acids is 2. The Kier molecular flexibility index (Phi) is 6.01. The van der Waals surface area contributed by atoms with Gasteiger partial charge in [-0.3, -0.25) is 14.5 Å². The van der Waals surface area contributed by atoms with Gasteiger partial charge in [0.25, 0.3) is 0 Å². The van der Waals surface area contributed by atoms with Gasteiger partial charge in [-0.25, -0.2) is 0 Å². The molecule has 1 saturated heterocycles. The van der Waals surface area contributed by atoms with Crippen molar-refractivity contribution in [3.05, 3.63) is 12.7 Å². The van der Waals surface area contributed by atoms with Crippen LogP contribution < -0.4 is 0 Å². The van der Waals surface area contributed by atoms with Crippen molar-refractivity contribution < 1.29 is 34.4 Å². The van der Waals surface area contributed by atoms with Crippen molar-refractivity contribution in [2.45, 2.75) is 89.0 Å². The van der Waals surface area contributed by atoms with Gasteiger partial charge in [-0.2, -0.15) is 0 Å². The van der Waals surface area contributed by atoms with Gasteiger partial charge in [0.05, 0.1) is 24.4 Å². The number of nitrogens with zero attached hydrogens (tertiary/aromatic N) is 1. The molecule has 2 aliphatic carbocycles. The van der Waals surface area contributed by atoms with Crippen molar-refractivity contribution in [1.82, 2.24) is 4.90 Å². The van der Waals surface area contributed by atoms with Crippen LogP contribution in [-0.2, 0) is 19.1 Å². The fraction of sp³-hybridized carbons (Fsp3) is 0.833. The molecule has 0 aromatic rings. The molecule has 0 spiro atoms. The maximum atomic E-state index is 13.7. The van der Waals surface area contributed by atoms with Gasteiger partial charge in [0.1, 0.15) is 5.60 Å². The van der Waals surface area contributed by atoms with E-state index in [1.165, 1.54) is 13.0 Å². The van der Waals surface area contributed by atoms with E-state index in [-0.39, 0.29) is 13.0 Å². The molecule has 3 fully saturated rings. The molecular formula is C24H39NO7. The number of ether oxygens (including phenoxy) is 2. The summed E-state index contributed by atoms with van der Waals surface area (Å²) in [5.41, 5.74) is -7.12. The Morgan fingerprint density at radius 2 is 1.84 bits per heavy atom. The first-order valence-corrected chi connectivity index (χ1v) is 11.3. The van der Waals surface area contributed by atoms with Crippen molar-refractivity contribution in [2.24, 2.45) is 16.7 Å². The Morgan fingerprint density at radius 1 is 1.25 bits per heavy atom. The monoisotopic (exact) mass is 453 g/mol. The number of likely N-dealkylation sites (N-methyl/N-ethyl adjacent to an activating group) is 1. The zero-order valence-corrected chi connectivity index (χ0v) is 20.3. The molecule has 0 aromatic heterocycles. The van der Waals surface area contributed by atoms with Crippen molar-refractivity contribution in [3.8, 4) is 0 Å². The second-order valence-corrected chi connectivity index (χ2v) is 11.5. The number of hydrogen-bond acceptors (Lipinski definition) is 8. The highest BCUT2D eigenvalue weighted by Crippen LogP contribution is 2.67. The van der Waals surface area contributed by atoms with Crippen LogP contribution in [0, 0.1) is 16.7 Å². The molecule has 3 N–H and O–H groups in total. The third-order valence-corrected chi connectivity index (χ3v) is 8.43. The fourth-order valence-electron chi connectivity index (χ4n) is 6.92. The van der Waals surface area contributed by atoms with Crippen molar-refractivity contribution >= 4 is 11.8 Å². The molecule has 8 heteroatoms. The van der Waals surface area contributed by atoms with Crippen LogP contribution in [-0.4, -0.2) is 87.7 Å². The molecular weight excluding hydrogens is 414 g/mol. The molecule has 8 nitrogen and oxygen atoms in total. The molecule has 1 aliphatic heterocycles. The highest BCUT2D eigenvalue weighted by Gasteiger charge is 2.81. The van der Waals surface area contributed by atoms with E-state index in [4.69, 9.17) is 9.47 Å². The second-order valence-electron chi connectivity index (χ2n) is 11.5. The first kappa shape index (κ1) is 25.3. The number of esters is 1. The summed E-state index contributed by atoms with van der Waals surface area (Å²) in [4.78, 5) is 28.1. The number of fused-ring (bicyclic) bond motifs is 3. The van der Waals surface area contributed by atoms with E-state index in [0.29, 0.717) is 12.8 Å². The van der Waals surface area contributed by atoms with Crippen LogP contribution >= 0.6 is 0 Å². The van der Waals surface area contributed by atoms with Crippen LogP contribution in [0.4, 0.5) is 0 Å². The van der Waals surface area contributed by atoms with Crippen molar-refractivity contribution in [3.63, 3.8) is 0 Å². The molecule has 3 rings (SSSR count). The summed E-state index contributed by atoms with van der Waals surface area (Å²) >= 11 is 0. The number of rotatable bonds is 4. The molecule has 182 valence electrons. The fourth-order valence-corrected chi connectivity index (χ4v) is 6.92. The van der Waals surface area contributed by atoms with Crippen LogP contribution in [0.3, 0.4) is 0 Å². The summed E-state index contributed by atoms with van der Waals surface area (Å²) in [6.45, 7) is 12.4. The van der Waals surface area contributed by atoms with Crippen molar-refractivity contribution in [1.29, 1.82) is 0 Å². The van der Waals surface area contributed by atoms with E-state index >= 15 is 0 Å². The zero-order chi connectivity index (χ0) is 24.5. The van der Waals surface area contributed by atoms with Crippen LogP contribution in [0.5, 0.6) is 0 Å². The molecule has 3 aliphatic rings. The molecule has 0 amide bonds. The van der Waals surface area contributed by atoms with Crippen LogP contribution in [0.15, 0.2) is 12.7 Å². The highest BCUT2D eigenvalue weighted by molar-refractivity contribution is 5.92. The Hall–Kier alpha value is -1.32. The Morgan fingerprint density at radius 3 is 2.38 bits per heavy atom. The number of carbonyl (C=O) groups is 2. The maximum absolute atomic E-state index is 13.7. The van der Waals surface area contributed by atoms with Gasteiger partial charge >= 0.3 is 5.97 Å². The minimum absolute atomic E-state index is 0.0433. The smallest absolute Gasteiger partial charge is 0.320 e. The van der Waals surface area contributed by atoms with Gasteiger partial charge in [-0.05, 0) is 46.2 Å². The lowest BCUT2D eigenvalue weighted by Crippen LogP contribution is -2.86. The predicted molar refractivity (Wildman–Crippen MR) is 118 cm³/mol. The molecule has 2 saturated carbocycles. The normalized spacial score (nSPS) is 48.0. The lowest BCUT2D eigenvalue weighted by atomic mass is 9.40. The van der Waals surface area contributed by atoms with Crippen LogP contribution in [0.2, 0.25) is 0 Å². The Balaban J connectivity index is 2.26. The third kappa shape index (κ3) is 3.21.